The molecule has 2 aromatic heterocycles. The first kappa shape index (κ1) is 17.8. The first-order valence-corrected chi connectivity index (χ1v) is 8.12. The number of aromatic nitrogens is 2. The van der Waals surface area contributed by atoms with Gasteiger partial charge in [-0.3, -0.25) is 14.3 Å². The first-order chi connectivity index (χ1) is 12.5. The molecule has 6 nitrogen and oxygen atoms in total. The Kier molecular flexibility index (Phi) is 5.09. The van der Waals surface area contributed by atoms with E-state index in [9.17, 15) is 19.4 Å². The zero-order chi connectivity index (χ0) is 18.7. The highest BCUT2D eigenvalue weighted by Crippen LogP contribution is 2.33. The summed E-state index contributed by atoms with van der Waals surface area (Å²) in [4.78, 5) is 16.4. The molecule has 1 amide bonds. The van der Waals surface area contributed by atoms with Crippen molar-refractivity contribution in [3.05, 3.63) is 70.9 Å². The number of nitrogens with one attached hydrogen (secondary N) is 1. The van der Waals surface area contributed by atoms with Gasteiger partial charge in [0, 0.05) is 24.9 Å². The van der Waals surface area contributed by atoms with E-state index in [1.807, 2.05) is 12.1 Å². The van der Waals surface area contributed by atoms with Crippen LogP contribution in [-0.4, -0.2) is 32.2 Å². The molecule has 0 unspecified atom stereocenters. The molecule has 0 saturated carbocycles. The molecule has 0 bridgehead atoms. The summed E-state index contributed by atoms with van der Waals surface area (Å²) in [5.74, 6) is -2.12. The van der Waals surface area contributed by atoms with Crippen LogP contribution in [0.1, 0.15) is 16.1 Å². The topological polar surface area (TPSA) is 87.4 Å². The highest BCUT2D eigenvalue weighted by molar-refractivity contribution is 6.30. The smallest absolute Gasteiger partial charge is 0.260 e. The molecular formula is C18H15ClFN3O3. The first-order valence-electron chi connectivity index (χ1n) is 7.74. The van der Waals surface area contributed by atoms with Gasteiger partial charge in [0.15, 0.2) is 0 Å². The highest BCUT2D eigenvalue weighted by Gasteiger charge is 2.22. The summed E-state index contributed by atoms with van der Waals surface area (Å²) in [7, 11) is 0. The second-order valence-corrected chi connectivity index (χ2v) is 5.92. The predicted molar refractivity (Wildman–Crippen MR) is 94.3 cm³/mol. The van der Waals surface area contributed by atoms with E-state index in [0.717, 1.165) is 22.5 Å². The van der Waals surface area contributed by atoms with Crippen molar-refractivity contribution in [1.29, 1.82) is 0 Å². The van der Waals surface area contributed by atoms with Crippen molar-refractivity contribution in [1.82, 2.24) is 14.9 Å². The molecule has 0 fully saturated rings. The van der Waals surface area contributed by atoms with Crippen LogP contribution in [0.2, 0.25) is 5.02 Å². The van der Waals surface area contributed by atoms with E-state index < -0.39 is 23.4 Å². The van der Waals surface area contributed by atoms with Gasteiger partial charge in [-0.15, -0.1) is 0 Å². The minimum absolute atomic E-state index is 0.142. The molecule has 0 saturated heterocycles. The Morgan fingerprint density at radius 2 is 2.08 bits per heavy atom. The van der Waals surface area contributed by atoms with Crippen molar-refractivity contribution in [3.63, 3.8) is 0 Å². The Balaban J connectivity index is 1.76. The van der Waals surface area contributed by atoms with Gasteiger partial charge in [-0.1, -0.05) is 17.7 Å². The molecule has 3 aromatic rings. The molecule has 0 atom stereocenters. The Bertz CT molecular complexity index is 944. The summed E-state index contributed by atoms with van der Waals surface area (Å²) in [6.45, 7) is 0.280. The third-order valence-electron chi connectivity index (χ3n) is 3.76. The van der Waals surface area contributed by atoms with E-state index in [1.165, 1.54) is 12.1 Å². The number of aromatic hydroxyl groups is 2. The number of halogens is 2. The largest absolute Gasteiger partial charge is 0.505 e. The van der Waals surface area contributed by atoms with Crippen molar-refractivity contribution in [2.24, 2.45) is 0 Å². The average molecular weight is 376 g/mol. The summed E-state index contributed by atoms with van der Waals surface area (Å²) < 4.78 is 14.4. The van der Waals surface area contributed by atoms with Crippen LogP contribution in [0.3, 0.4) is 0 Å². The standard InChI is InChI=1S/C18H15ClFN3O3/c19-13-9-12(4-5-14(13)20)23-10-15(24)16(18(23)26)17(25)22-8-6-11-3-1-2-7-21-11/h1-5,7,9-10,24,26H,6,8H2,(H,22,25). The van der Waals surface area contributed by atoms with Gasteiger partial charge >= 0.3 is 0 Å². The van der Waals surface area contributed by atoms with E-state index in [1.54, 1.807) is 12.3 Å². The summed E-state index contributed by atoms with van der Waals surface area (Å²) in [5, 5.41) is 22.8. The SMILES string of the molecule is O=C(NCCc1ccccn1)c1c(O)cn(-c2ccc(F)c(Cl)c2)c1O. The minimum Gasteiger partial charge on any atom is -0.505 e. The van der Waals surface area contributed by atoms with Crippen molar-refractivity contribution >= 4 is 17.5 Å². The Morgan fingerprint density at radius 1 is 1.27 bits per heavy atom. The number of hydrogen-bond donors (Lipinski definition) is 3. The van der Waals surface area contributed by atoms with Gasteiger partial charge in [0.2, 0.25) is 5.88 Å². The number of pyridine rings is 1. The zero-order valence-electron chi connectivity index (χ0n) is 13.5. The fraction of sp³-hybridized carbons (Fsp3) is 0.111. The number of amides is 1. The number of hydrogen-bond acceptors (Lipinski definition) is 4. The van der Waals surface area contributed by atoms with Gasteiger partial charge in [-0.25, -0.2) is 4.39 Å². The summed E-state index contributed by atoms with van der Waals surface area (Å²) in [5.41, 5.74) is 0.836. The van der Waals surface area contributed by atoms with Crippen LogP contribution < -0.4 is 5.32 Å². The normalized spacial score (nSPS) is 10.7. The lowest BCUT2D eigenvalue weighted by molar-refractivity contribution is 0.0948. The number of benzene rings is 1. The summed E-state index contributed by atoms with van der Waals surface area (Å²) in [6.07, 6.45) is 3.32. The second kappa shape index (κ2) is 7.45. The van der Waals surface area contributed by atoms with E-state index >= 15 is 0 Å². The second-order valence-electron chi connectivity index (χ2n) is 5.51. The lowest BCUT2D eigenvalue weighted by Crippen LogP contribution is -2.25. The maximum absolute atomic E-state index is 13.3. The number of nitrogens with zero attached hydrogens (tertiary/aromatic N) is 2. The molecule has 0 aliphatic carbocycles. The Morgan fingerprint density at radius 3 is 2.77 bits per heavy atom. The molecule has 0 aliphatic heterocycles. The molecule has 3 rings (SSSR count). The molecular weight excluding hydrogens is 361 g/mol. The van der Waals surface area contributed by atoms with Crippen molar-refractivity contribution < 1.29 is 19.4 Å². The van der Waals surface area contributed by atoms with Gasteiger partial charge in [-0.2, -0.15) is 0 Å². The number of carbonyl (C=O) groups excluding carboxylic acids is 1. The Hall–Kier alpha value is -3.06. The molecule has 0 radical (unpaired) electrons. The third-order valence-corrected chi connectivity index (χ3v) is 4.05. The third kappa shape index (κ3) is 3.62. The van der Waals surface area contributed by atoms with Crippen LogP contribution in [0.25, 0.3) is 5.69 Å². The predicted octanol–water partition coefficient (Wildman–Crippen LogP) is 3.05. The lowest BCUT2D eigenvalue weighted by Gasteiger charge is -2.07. The highest BCUT2D eigenvalue weighted by atomic mass is 35.5. The molecule has 2 heterocycles. The molecule has 0 spiro atoms. The number of rotatable bonds is 5. The summed E-state index contributed by atoms with van der Waals surface area (Å²) >= 11 is 5.73. The van der Waals surface area contributed by atoms with Gasteiger partial charge in [0.1, 0.15) is 17.1 Å². The summed E-state index contributed by atoms with van der Waals surface area (Å²) in [6, 6.07) is 9.23. The maximum Gasteiger partial charge on any atom is 0.260 e. The molecule has 134 valence electrons. The van der Waals surface area contributed by atoms with Crippen LogP contribution in [-0.2, 0) is 6.42 Å². The van der Waals surface area contributed by atoms with Gasteiger partial charge in [0.25, 0.3) is 5.91 Å². The van der Waals surface area contributed by atoms with Crippen LogP contribution in [0.5, 0.6) is 11.6 Å². The van der Waals surface area contributed by atoms with Gasteiger partial charge in [0.05, 0.1) is 16.9 Å². The molecule has 26 heavy (non-hydrogen) atoms. The molecule has 0 aliphatic rings. The zero-order valence-corrected chi connectivity index (χ0v) is 14.2. The molecule has 1 aromatic carbocycles. The quantitative estimate of drug-likeness (QED) is 0.639. The van der Waals surface area contributed by atoms with Gasteiger partial charge < -0.3 is 15.5 Å². The van der Waals surface area contributed by atoms with Crippen molar-refractivity contribution in [3.8, 4) is 17.3 Å². The van der Waals surface area contributed by atoms with E-state index in [2.05, 4.69) is 10.3 Å². The fourth-order valence-electron chi connectivity index (χ4n) is 2.47. The van der Waals surface area contributed by atoms with E-state index in [4.69, 9.17) is 11.6 Å². The lowest BCUT2D eigenvalue weighted by atomic mass is 10.2. The molecule has 8 heteroatoms. The van der Waals surface area contributed by atoms with Crippen LogP contribution in [0.4, 0.5) is 4.39 Å². The van der Waals surface area contributed by atoms with Crippen LogP contribution >= 0.6 is 11.6 Å². The van der Waals surface area contributed by atoms with Crippen molar-refractivity contribution in [2.45, 2.75) is 6.42 Å². The average Bonchev–Trinajstić information content (AvgIpc) is 2.92. The van der Waals surface area contributed by atoms with Crippen LogP contribution in [0.15, 0.2) is 48.8 Å². The minimum atomic E-state index is -0.636. The number of carbonyl (C=O) groups is 1. The fourth-order valence-corrected chi connectivity index (χ4v) is 2.65. The molecule has 3 N–H and O–H groups in total. The Labute approximate surface area is 153 Å². The van der Waals surface area contributed by atoms with Crippen molar-refractivity contribution in [2.75, 3.05) is 6.54 Å². The van der Waals surface area contributed by atoms with E-state index in [-0.39, 0.29) is 17.1 Å². The van der Waals surface area contributed by atoms with Gasteiger partial charge in [-0.05, 0) is 30.3 Å². The van der Waals surface area contributed by atoms with Crippen LogP contribution in [0, 0.1) is 5.82 Å². The monoisotopic (exact) mass is 375 g/mol. The maximum atomic E-state index is 13.3. The van der Waals surface area contributed by atoms with E-state index in [0.29, 0.717) is 12.1 Å².